The number of nitrogens with zero attached hydrogens (tertiary/aromatic N) is 1. The Balaban J connectivity index is 1.80. The van der Waals surface area contributed by atoms with Crippen molar-refractivity contribution in [1.82, 2.24) is 4.90 Å². The number of carbonyl (C=O) groups is 3. The Morgan fingerprint density at radius 2 is 1.96 bits per heavy atom. The molecule has 0 aromatic heterocycles. The lowest BCUT2D eigenvalue weighted by molar-refractivity contribution is -0.137. The number of piperidine rings is 1. The van der Waals surface area contributed by atoms with Crippen molar-refractivity contribution in [2.24, 2.45) is 11.7 Å². The molecular formula is C19H26N2O5. The maximum atomic E-state index is 12.2. The molecule has 142 valence electrons. The van der Waals surface area contributed by atoms with Crippen LogP contribution in [0.3, 0.4) is 0 Å². The summed E-state index contributed by atoms with van der Waals surface area (Å²) in [5.74, 6) is -0.924. The monoisotopic (exact) mass is 362 g/mol. The van der Waals surface area contributed by atoms with E-state index in [0.717, 1.165) is 12.8 Å². The number of carbonyl (C=O) groups excluding carboxylic acids is 3. The van der Waals surface area contributed by atoms with Gasteiger partial charge >= 0.3 is 5.97 Å². The fraction of sp³-hybridized carbons (Fsp3) is 0.526. The maximum absolute atomic E-state index is 12.2. The number of ether oxygens (including phenoxy) is 2. The highest BCUT2D eigenvalue weighted by Gasteiger charge is 2.27. The van der Waals surface area contributed by atoms with E-state index in [9.17, 15) is 14.4 Å². The second-order valence-corrected chi connectivity index (χ2v) is 6.38. The zero-order valence-electron chi connectivity index (χ0n) is 15.1. The van der Waals surface area contributed by atoms with Gasteiger partial charge in [-0.25, -0.2) is 4.79 Å². The smallest absolute Gasteiger partial charge is 0.338 e. The topological polar surface area (TPSA) is 98.9 Å². The van der Waals surface area contributed by atoms with Crippen LogP contribution in [-0.2, 0) is 14.3 Å². The molecule has 1 aromatic carbocycles. The van der Waals surface area contributed by atoms with Crippen molar-refractivity contribution in [1.29, 1.82) is 0 Å². The van der Waals surface area contributed by atoms with Crippen LogP contribution in [0.5, 0.6) is 5.75 Å². The third-order valence-electron chi connectivity index (χ3n) is 4.36. The highest BCUT2D eigenvalue weighted by atomic mass is 16.5. The van der Waals surface area contributed by atoms with Crippen molar-refractivity contribution < 1.29 is 23.9 Å². The molecule has 7 nitrogen and oxygen atoms in total. The van der Waals surface area contributed by atoms with Gasteiger partial charge in [-0.05, 0) is 43.5 Å². The van der Waals surface area contributed by atoms with Gasteiger partial charge in [-0.3, -0.25) is 9.59 Å². The number of nitrogens with two attached hydrogens (primary N) is 1. The SMILES string of the molecule is CCCCOc1ccc(C(=O)OCC(=O)N2CCC[C@@H](C(N)=O)C2)cc1. The molecule has 1 aliphatic heterocycles. The van der Waals surface area contributed by atoms with Crippen LogP contribution in [0.4, 0.5) is 0 Å². The molecule has 0 saturated carbocycles. The van der Waals surface area contributed by atoms with E-state index < -0.39 is 11.9 Å². The molecule has 7 heteroatoms. The number of benzene rings is 1. The lowest BCUT2D eigenvalue weighted by Crippen LogP contribution is -2.45. The molecule has 0 aliphatic carbocycles. The zero-order valence-corrected chi connectivity index (χ0v) is 15.1. The quantitative estimate of drug-likeness (QED) is 0.561. The third kappa shape index (κ3) is 5.75. The molecule has 26 heavy (non-hydrogen) atoms. The molecule has 0 bridgehead atoms. The number of likely N-dealkylation sites (tertiary alicyclic amines) is 1. The Hall–Kier alpha value is -2.57. The fourth-order valence-electron chi connectivity index (χ4n) is 2.76. The molecule has 1 aliphatic rings. The number of unbranched alkanes of at least 4 members (excludes halogenated alkanes) is 1. The molecule has 2 amide bonds. The van der Waals surface area contributed by atoms with Crippen LogP contribution >= 0.6 is 0 Å². The molecule has 2 rings (SSSR count). The van der Waals surface area contributed by atoms with Crippen molar-refractivity contribution in [3.05, 3.63) is 29.8 Å². The van der Waals surface area contributed by atoms with Gasteiger partial charge in [-0.15, -0.1) is 0 Å². The summed E-state index contributed by atoms with van der Waals surface area (Å²) in [7, 11) is 0. The molecule has 1 fully saturated rings. The van der Waals surface area contributed by atoms with E-state index in [2.05, 4.69) is 6.92 Å². The van der Waals surface area contributed by atoms with E-state index in [-0.39, 0.29) is 25.0 Å². The molecule has 1 atom stereocenters. The van der Waals surface area contributed by atoms with Gasteiger partial charge in [-0.1, -0.05) is 13.3 Å². The third-order valence-corrected chi connectivity index (χ3v) is 4.36. The van der Waals surface area contributed by atoms with E-state index in [4.69, 9.17) is 15.2 Å². The lowest BCUT2D eigenvalue weighted by atomic mass is 9.97. The summed E-state index contributed by atoms with van der Waals surface area (Å²) >= 11 is 0. The number of hydrogen-bond acceptors (Lipinski definition) is 5. The molecule has 1 saturated heterocycles. The first-order chi connectivity index (χ1) is 12.5. The number of amides is 2. The van der Waals surface area contributed by atoms with E-state index in [0.29, 0.717) is 37.3 Å². The average molecular weight is 362 g/mol. The Bertz CT molecular complexity index is 629. The van der Waals surface area contributed by atoms with Crippen LogP contribution < -0.4 is 10.5 Å². The number of rotatable bonds is 8. The van der Waals surface area contributed by atoms with Crippen molar-refractivity contribution >= 4 is 17.8 Å². The van der Waals surface area contributed by atoms with Crippen LogP contribution in [0.1, 0.15) is 43.0 Å². The predicted molar refractivity (Wildman–Crippen MR) is 95.6 cm³/mol. The van der Waals surface area contributed by atoms with Gasteiger partial charge in [0.25, 0.3) is 5.91 Å². The van der Waals surface area contributed by atoms with Gasteiger partial charge in [0.1, 0.15) is 5.75 Å². The first-order valence-electron chi connectivity index (χ1n) is 8.98. The minimum Gasteiger partial charge on any atom is -0.494 e. The van der Waals surface area contributed by atoms with Gasteiger partial charge in [0, 0.05) is 13.1 Å². The minimum atomic E-state index is -0.568. The van der Waals surface area contributed by atoms with Gasteiger partial charge < -0.3 is 20.1 Å². The Kier molecular flexibility index (Phi) is 7.44. The highest BCUT2D eigenvalue weighted by Crippen LogP contribution is 2.17. The van der Waals surface area contributed by atoms with Gasteiger partial charge in [0.15, 0.2) is 6.61 Å². The Labute approximate surface area is 153 Å². The molecule has 2 N–H and O–H groups in total. The first kappa shape index (κ1) is 19.8. The number of primary amides is 1. The molecule has 0 unspecified atom stereocenters. The maximum Gasteiger partial charge on any atom is 0.338 e. The lowest BCUT2D eigenvalue weighted by Gasteiger charge is -2.31. The van der Waals surface area contributed by atoms with Crippen molar-refractivity contribution in [2.45, 2.75) is 32.6 Å². The molecule has 0 radical (unpaired) electrons. The van der Waals surface area contributed by atoms with Crippen LogP contribution in [0, 0.1) is 5.92 Å². The Morgan fingerprint density at radius 1 is 1.23 bits per heavy atom. The minimum absolute atomic E-state index is 0.287. The average Bonchev–Trinajstić information content (AvgIpc) is 2.66. The molecule has 1 aromatic rings. The van der Waals surface area contributed by atoms with Gasteiger partial charge in [-0.2, -0.15) is 0 Å². The molecule has 1 heterocycles. The number of esters is 1. The van der Waals surface area contributed by atoms with Crippen molar-refractivity contribution in [2.75, 3.05) is 26.3 Å². The number of hydrogen-bond donors (Lipinski definition) is 1. The molecule has 0 spiro atoms. The second kappa shape index (κ2) is 9.79. The van der Waals surface area contributed by atoms with Crippen LogP contribution in [0.2, 0.25) is 0 Å². The first-order valence-corrected chi connectivity index (χ1v) is 8.98. The Morgan fingerprint density at radius 3 is 2.62 bits per heavy atom. The van der Waals surface area contributed by atoms with E-state index in [1.165, 1.54) is 4.90 Å². The van der Waals surface area contributed by atoms with E-state index in [1.807, 2.05) is 0 Å². The predicted octanol–water partition coefficient (Wildman–Crippen LogP) is 1.75. The van der Waals surface area contributed by atoms with Crippen LogP contribution in [0.25, 0.3) is 0 Å². The van der Waals surface area contributed by atoms with Crippen molar-refractivity contribution in [3.8, 4) is 5.75 Å². The normalized spacial score (nSPS) is 16.8. The molecular weight excluding hydrogens is 336 g/mol. The standard InChI is InChI=1S/C19H26N2O5/c1-2-3-11-25-16-8-6-14(7-9-16)19(24)26-13-17(22)21-10-4-5-15(12-21)18(20)23/h6-9,15H,2-5,10-13H2,1H3,(H2,20,23)/t15-/m1/s1. The van der Waals surface area contributed by atoms with Gasteiger partial charge in [0.2, 0.25) is 5.91 Å². The van der Waals surface area contributed by atoms with Crippen LogP contribution in [-0.4, -0.2) is 49.0 Å². The summed E-state index contributed by atoms with van der Waals surface area (Å²) in [4.78, 5) is 37.0. The highest BCUT2D eigenvalue weighted by molar-refractivity contribution is 5.91. The summed E-state index contributed by atoms with van der Waals surface area (Å²) in [6.07, 6.45) is 3.42. The van der Waals surface area contributed by atoms with E-state index >= 15 is 0 Å². The summed E-state index contributed by atoms with van der Waals surface area (Å²) in [6.45, 7) is 3.21. The van der Waals surface area contributed by atoms with E-state index in [1.54, 1.807) is 24.3 Å². The second-order valence-electron chi connectivity index (χ2n) is 6.38. The van der Waals surface area contributed by atoms with Crippen LogP contribution in [0.15, 0.2) is 24.3 Å². The fourth-order valence-corrected chi connectivity index (χ4v) is 2.76. The largest absolute Gasteiger partial charge is 0.494 e. The summed E-state index contributed by atoms with van der Waals surface area (Å²) in [5, 5.41) is 0. The zero-order chi connectivity index (χ0) is 18.9. The summed E-state index contributed by atoms with van der Waals surface area (Å²) < 4.78 is 10.6. The summed E-state index contributed by atoms with van der Waals surface area (Å²) in [6, 6.07) is 6.63. The van der Waals surface area contributed by atoms with Gasteiger partial charge in [0.05, 0.1) is 18.1 Å². The summed E-state index contributed by atoms with van der Waals surface area (Å²) in [5.41, 5.74) is 5.66. The van der Waals surface area contributed by atoms with Crippen molar-refractivity contribution in [3.63, 3.8) is 0 Å².